The lowest BCUT2D eigenvalue weighted by Crippen LogP contribution is -1.97. The van der Waals surface area contributed by atoms with E-state index in [0.29, 0.717) is 17.0 Å². The number of nitrogens with one attached hydrogen (secondary N) is 1. The molecule has 0 unspecified atom stereocenters. The maximum absolute atomic E-state index is 13.3. The Morgan fingerprint density at radius 2 is 2.05 bits per heavy atom. The van der Waals surface area contributed by atoms with Crippen molar-refractivity contribution in [3.8, 4) is 22.6 Å². The van der Waals surface area contributed by atoms with E-state index in [0.717, 1.165) is 11.3 Å². The van der Waals surface area contributed by atoms with E-state index in [2.05, 4.69) is 19.9 Å². The van der Waals surface area contributed by atoms with E-state index in [-0.39, 0.29) is 16.8 Å². The molecule has 5 nitrogen and oxygen atoms in total. The summed E-state index contributed by atoms with van der Waals surface area (Å²) in [6.45, 7) is 1.70. The lowest BCUT2D eigenvalue weighted by atomic mass is 10.1. The van der Waals surface area contributed by atoms with Gasteiger partial charge in [-0.05, 0) is 30.7 Å². The van der Waals surface area contributed by atoms with Crippen LogP contribution < -0.4 is 5.73 Å². The Hall–Kier alpha value is -2.47. The van der Waals surface area contributed by atoms with E-state index in [4.69, 9.17) is 17.3 Å². The molecule has 0 aliphatic rings. The molecular weight excluding hydrogens is 293 g/mol. The molecule has 0 amide bonds. The van der Waals surface area contributed by atoms with Gasteiger partial charge in [-0.25, -0.2) is 19.3 Å². The van der Waals surface area contributed by atoms with Crippen LogP contribution in [-0.4, -0.2) is 19.9 Å². The van der Waals surface area contributed by atoms with Crippen molar-refractivity contribution in [2.24, 2.45) is 0 Å². The maximum atomic E-state index is 13.3. The van der Waals surface area contributed by atoms with Crippen LogP contribution in [0.25, 0.3) is 22.6 Å². The minimum Gasteiger partial charge on any atom is -0.383 e. The van der Waals surface area contributed by atoms with Crippen LogP contribution in [0.4, 0.5) is 10.2 Å². The molecule has 106 valence electrons. The first-order valence-electron chi connectivity index (χ1n) is 6.14. The highest BCUT2D eigenvalue weighted by Gasteiger charge is 2.14. The third-order valence-electron chi connectivity index (χ3n) is 3.11. The van der Waals surface area contributed by atoms with Crippen molar-refractivity contribution in [3.63, 3.8) is 0 Å². The Kier molecular flexibility index (Phi) is 3.31. The summed E-state index contributed by atoms with van der Waals surface area (Å²) in [6, 6.07) is 4.82. The number of rotatable bonds is 2. The normalized spacial score (nSPS) is 10.8. The number of aromatic nitrogens is 4. The SMILES string of the molecule is Cc1cc(-c2cnc(-c3c(N)ncnc3Cl)[nH]2)ccc1F. The second kappa shape index (κ2) is 5.14. The van der Waals surface area contributed by atoms with E-state index in [1.807, 2.05) is 0 Å². The van der Waals surface area contributed by atoms with Gasteiger partial charge in [-0.15, -0.1) is 0 Å². The van der Waals surface area contributed by atoms with Crippen LogP contribution in [0.2, 0.25) is 5.15 Å². The topological polar surface area (TPSA) is 80.5 Å². The minimum atomic E-state index is -0.248. The Morgan fingerprint density at radius 1 is 1.24 bits per heavy atom. The molecule has 3 N–H and O–H groups in total. The van der Waals surface area contributed by atoms with Gasteiger partial charge >= 0.3 is 0 Å². The molecule has 0 saturated heterocycles. The highest BCUT2D eigenvalue weighted by Crippen LogP contribution is 2.30. The average Bonchev–Trinajstić information content (AvgIpc) is 2.91. The zero-order valence-electron chi connectivity index (χ0n) is 11.1. The average molecular weight is 304 g/mol. The summed E-state index contributed by atoms with van der Waals surface area (Å²) in [4.78, 5) is 15.1. The molecule has 2 heterocycles. The van der Waals surface area contributed by atoms with Crippen molar-refractivity contribution < 1.29 is 4.39 Å². The summed E-state index contributed by atoms with van der Waals surface area (Å²) in [7, 11) is 0. The Bertz CT molecular complexity index is 795. The van der Waals surface area contributed by atoms with Crippen LogP contribution in [-0.2, 0) is 0 Å². The molecule has 3 aromatic rings. The predicted octanol–water partition coefficient (Wildman–Crippen LogP) is 3.22. The molecule has 0 bridgehead atoms. The number of nitrogens with zero attached hydrogens (tertiary/aromatic N) is 3. The lowest BCUT2D eigenvalue weighted by molar-refractivity contribution is 0.619. The zero-order chi connectivity index (χ0) is 15.0. The highest BCUT2D eigenvalue weighted by atomic mass is 35.5. The molecule has 1 aromatic carbocycles. The first-order valence-corrected chi connectivity index (χ1v) is 6.52. The van der Waals surface area contributed by atoms with Crippen LogP contribution in [0.1, 0.15) is 5.56 Å². The van der Waals surface area contributed by atoms with Crippen LogP contribution in [0.5, 0.6) is 0 Å². The standard InChI is InChI=1S/C14H11ClFN5/c1-7-4-8(2-3-9(7)16)10-5-18-14(21-10)11-12(15)19-6-20-13(11)17/h2-6H,1H3,(H,18,21)(H2,17,19,20). The van der Waals surface area contributed by atoms with E-state index in [9.17, 15) is 4.39 Å². The third-order valence-corrected chi connectivity index (χ3v) is 3.40. The summed E-state index contributed by atoms with van der Waals surface area (Å²) in [5, 5.41) is 0.221. The summed E-state index contributed by atoms with van der Waals surface area (Å²) in [5.41, 5.74) is 8.36. The number of H-pyrrole nitrogens is 1. The molecule has 0 saturated carbocycles. The molecule has 0 spiro atoms. The quantitative estimate of drug-likeness (QED) is 0.712. The molecule has 0 aliphatic carbocycles. The molecular formula is C14H11ClFN5. The second-order valence-corrected chi connectivity index (χ2v) is 4.89. The fraction of sp³-hybridized carbons (Fsp3) is 0.0714. The summed E-state index contributed by atoms with van der Waals surface area (Å²) < 4.78 is 13.3. The fourth-order valence-corrected chi connectivity index (χ4v) is 2.23. The molecule has 0 atom stereocenters. The molecule has 21 heavy (non-hydrogen) atoms. The second-order valence-electron chi connectivity index (χ2n) is 4.53. The van der Waals surface area contributed by atoms with E-state index in [1.165, 1.54) is 12.4 Å². The number of aromatic amines is 1. The predicted molar refractivity (Wildman–Crippen MR) is 79.2 cm³/mol. The fourth-order valence-electron chi connectivity index (χ4n) is 2.00. The van der Waals surface area contributed by atoms with Crippen molar-refractivity contribution in [1.82, 2.24) is 19.9 Å². The Labute approximate surface area is 125 Å². The maximum Gasteiger partial charge on any atom is 0.145 e. The Morgan fingerprint density at radius 3 is 2.76 bits per heavy atom. The molecule has 0 aliphatic heterocycles. The number of nitrogens with two attached hydrogens (primary N) is 1. The number of benzene rings is 1. The van der Waals surface area contributed by atoms with E-state index >= 15 is 0 Å². The van der Waals surface area contributed by atoms with Crippen LogP contribution in [0, 0.1) is 12.7 Å². The zero-order valence-corrected chi connectivity index (χ0v) is 11.8. The van der Waals surface area contributed by atoms with Gasteiger partial charge in [0.05, 0.1) is 17.5 Å². The summed E-state index contributed by atoms with van der Waals surface area (Å²) in [5.74, 6) is 0.462. The van der Waals surface area contributed by atoms with Crippen LogP contribution in [0.3, 0.4) is 0 Å². The van der Waals surface area contributed by atoms with Gasteiger partial charge in [-0.1, -0.05) is 11.6 Å². The van der Waals surface area contributed by atoms with Crippen molar-refractivity contribution in [1.29, 1.82) is 0 Å². The molecule has 7 heteroatoms. The first-order chi connectivity index (χ1) is 10.1. The van der Waals surface area contributed by atoms with Gasteiger partial charge < -0.3 is 10.7 Å². The van der Waals surface area contributed by atoms with Crippen molar-refractivity contribution in [2.45, 2.75) is 6.92 Å². The third kappa shape index (κ3) is 2.45. The molecule has 2 aromatic heterocycles. The van der Waals surface area contributed by atoms with Crippen LogP contribution in [0.15, 0.2) is 30.7 Å². The van der Waals surface area contributed by atoms with Gasteiger partial charge in [-0.2, -0.15) is 0 Å². The van der Waals surface area contributed by atoms with Gasteiger partial charge in [0.2, 0.25) is 0 Å². The van der Waals surface area contributed by atoms with Gasteiger partial charge in [-0.3, -0.25) is 0 Å². The lowest BCUT2D eigenvalue weighted by Gasteiger charge is -2.03. The number of hydrogen-bond acceptors (Lipinski definition) is 4. The van der Waals surface area contributed by atoms with Crippen LogP contribution >= 0.6 is 11.6 Å². The number of imidazole rings is 1. The van der Waals surface area contributed by atoms with Gasteiger partial charge in [0.25, 0.3) is 0 Å². The Balaban J connectivity index is 2.06. The van der Waals surface area contributed by atoms with E-state index < -0.39 is 0 Å². The van der Waals surface area contributed by atoms with Crippen molar-refractivity contribution in [2.75, 3.05) is 5.73 Å². The number of nitrogen functional groups attached to an aromatic ring is 1. The highest BCUT2D eigenvalue weighted by molar-refractivity contribution is 6.32. The number of halogens is 2. The van der Waals surface area contributed by atoms with Gasteiger partial charge in [0, 0.05) is 5.56 Å². The van der Waals surface area contributed by atoms with Crippen molar-refractivity contribution in [3.05, 3.63) is 47.3 Å². The number of aryl methyl sites for hydroxylation is 1. The molecule has 3 rings (SSSR count). The van der Waals surface area contributed by atoms with E-state index in [1.54, 1.807) is 25.3 Å². The minimum absolute atomic E-state index is 0.221. The molecule has 0 radical (unpaired) electrons. The summed E-state index contributed by atoms with van der Waals surface area (Å²) in [6.07, 6.45) is 2.92. The summed E-state index contributed by atoms with van der Waals surface area (Å²) >= 11 is 6.02. The molecule has 0 fully saturated rings. The van der Waals surface area contributed by atoms with Gasteiger partial charge in [0.1, 0.15) is 28.9 Å². The number of anilines is 1. The number of hydrogen-bond donors (Lipinski definition) is 2. The van der Waals surface area contributed by atoms with Crippen molar-refractivity contribution >= 4 is 17.4 Å². The monoisotopic (exact) mass is 303 g/mol. The first kappa shape index (κ1) is 13.5. The van der Waals surface area contributed by atoms with Gasteiger partial charge in [0.15, 0.2) is 0 Å². The smallest absolute Gasteiger partial charge is 0.145 e. The largest absolute Gasteiger partial charge is 0.383 e.